The normalized spacial score (nSPS) is 25.4. The first-order valence-corrected chi connectivity index (χ1v) is 13.9. The molecule has 1 saturated heterocycles. The van der Waals surface area contributed by atoms with Gasteiger partial charge in [0.15, 0.2) is 9.84 Å². The average molecular weight is 449 g/mol. The number of carbonyl (C=O) groups excluding carboxylic acids is 1. The zero-order valence-electron chi connectivity index (χ0n) is 18.7. The maximum absolute atomic E-state index is 12.6. The molecule has 2 unspecified atom stereocenters. The van der Waals surface area contributed by atoms with E-state index in [1.165, 1.54) is 51.0 Å². The van der Waals surface area contributed by atoms with Gasteiger partial charge in [0.1, 0.15) is 0 Å². The van der Waals surface area contributed by atoms with Gasteiger partial charge in [0.25, 0.3) is 0 Å². The van der Waals surface area contributed by atoms with Crippen molar-refractivity contribution in [1.82, 2.24) is 9.88 Å². The lowest BCUT2D eigenvalue weighted by atomic mass is 9.86. The van der Waals surface area contributed by atoms with Gasteiger partial charge in [-0.15, -0.1) is 0 Å². The van der Waals surface area contributed by atoms with Gasteiger partial charge in [-0.2, -0.15) is 0 Å². The number of hydrogen-bond acceptors (Lipinski definition) is 5. The van der Waals surface area contributed by atoms with Gasteiger partial charge in [-0.25, -0.2) is 13.4 Å². The molecule has 0 radical (unpaired) electrons. The van der Waals surface area contributed by atoms with Gasteiger partial charge in [-0.3, -0.25) is 4.79 Å². The lowest BCUT2D eigenvalue weighted by Crippen LogP contribution is -2.39. The number of rotatable bonds is 8. The van der Waals surface area contributed by atoms with E-state index in [2.05, 4.69) is 9.88 Å². The Balaban J connectivity index is 1.13. The van der Waals surface area contributed by atoms with E-state index in [0.29, 0.717) is 30.2 Å². The Morgan fingerprint density at radius 3 is 2.52 bits per heavy atom. The van der Waals surface area contributed by atoms with Crippen LogP contribution < -0.4 is 4.74 Å². The van der Waals surface area contributed by atoms with Crippen LogP contribution in [0.1, 0.15) is 64.2 Å². The maximum Gasteiger partial charge on any atom is 0.222 e. The van der Waals surface area contributed by atoms with E-state index in [-0.39, 0.29) is 4.90 Å². The predicted octanol–water partition coefficient (Wildman–Crippen LogP) is 4.10. The van der Waals surface area contributed by atoms with Gasteiger partial charge in [-0.1, -0.05) is 19.3 Å². The van der Waals surface area contributed by atoms with Gasteiger partial charge in [0.2, 0.25) is 11.8 Å². The SMILES string of the molecule is CS(=O)(=O)c1ccc(OCCC2CC2C2CCN(C(=O)CC3CCCCC3)CC2)nc1. The number of likely N-dealkylation sites (tertiary alicyclic amines) is 1. The third kappa shape index (κ3) is 6.21. The summed E-state index contributed by atoms with van der Waals surface area (Å²) in [7, 11) is -3.22. The molecule has 2 atom stereocenters. The number of sulfone groups is 1. The summed E-state index contributed by atoms with van der Waals surface area (Å²) in [6.07, 6.45) is 14.3. The number of pyridine rings is 1. The lowest BCUT2D eigenvalue weighted by molar-refractivity contribution is -0.134. The summed E-state index contributed by atoms with van der Waals surface area (Å²) in [5, 5.41) is 0. The number of nitrogens with zero attached hydrogens (tertiary/aromatic N) is 2. The summed E-state index contributed by atoms with van der Waals surface area (Å²) < 4.78 is 28.7. The number of ether oxygens (including phenoxy) is 1. The van der Waals surface area contributed by atoms with Crippen LogP contribution in [0.4, 0.5) is 0 Å². The van der Waals surface area contributed by atoms with Crippen LogP contribution in [0.25, 0.3) is 0 Å². The molecule has 0 bridgehead atoms. The summed E-state index contributed by atoms with van der Waals surface area (Å²) in [5.74, 6) is 3.74. The molecule has 0 aromatic carbocycles. The molecule has 1 amide bonds. The summed E-state index contributed by atoms with van der Waals surface area (Å²) >= 11 is 0. The monoisotopic (exact) mass is 448 g/mol. The number of aromatic nitrogens is 1. The van der Waals surface area contributed by atoms with E-state index < -0.39 is 9.84 Å². The van der Waals surface area contributed by atoms with Crippen LogP contribution in [-0.2, 0) is 14.6 Å². The number of carbonyl (C=O) groups is 1. The van der Waals surface area contributed by atoms with Crippen molar-refractivity contribution in [3.8, 4) is 5.88 Å². The average Bonchev–Trinajstić information content (AvgIpc) is 3.54. The van der Waals surface area contributed by atoms with E-state index in [9.17, 15) is 13.2 Å². The predicted molar refractivity (Wildman–Crippen MR) is 120 cm³/mol. The molecule has 1 aromatic heterocycles. The van der Waals surface area contributed by atoms with Crippen LogP contribution in [-0.4, -0.2) is 50.2 Å². The molecule has 4 rings (SSSR count). The molecule has 0 spiro atoms. The van der Waals surface area contributed by atoms with Crippen molar-refractivity contribution in [2.45, 2.75) is 69.1 Å². The smallest absolute Gasteiger partial charge is 0.222 e. The first-order valence-electron chi connectivity index (χ1n) is 12.0. The highest BCUT2D eigenvalue weighted by Crippen LogP contribution is 2.49. The van der Waals surface area contributed by atoms with Crippen LogP contribution in [0.15, 0.2) is 23.2 Å². The summed E-state index contributed by atoms with van der Waals surface area (Å²) in [6.45, 7) is 2.49. The molecule has 6 nitrogen and oxygen atoms in total. The molecule has 31 heavy (non-hydrogen) atoms. The van der Waals surface area contributed by atoms with Crippen molar-refractivity contribution in [3.63, 3.8) is 0 Å². The molecular formula is C24H36N2O4S. The fourth-order valence-corrected chi connectivity index (χ4v) is 6.07. The Labute approximate surface area is 186 Å². The molecule has 3 fully saturated rings. The molecule has 0 N–H and O–H groups in total. The fourth-order valence-electron chi connectivity index (χ4n) is 5.51. The first kappa shape index (κ1) is 22.6. The highest BCUT2D eigenvalue weighted by atomic mass is 32.2. The Morgan fingerprint density at radius 2 is 1.87 bits per heavy atom. The van der Waals surface area contributed by atoms with Gasteiger partial charge in [-0.05, 0) is 68.3 Å². The highest BCUT2D eigenvalue weighted by Gasteiger charge is 2.43. The number of hydrogen-bond donors (Lipinski definition) is 0. The molecule has 1 aliphatic heterocycles. The Bertz CT molecular complexity index is 841. The van der Waals surface area contributed by atoms with Crippen molar-refractivity contribution in [2.75, 3.05) is 26.0 Å². The van der Waals surface area contributed by atoms with E-state index in [1.54, 1.807) is 12.1 Å². The minimum absolute atomic E-state index is 0.214. The van der Waals surface area contributed by atoms with Gasteiger partial charge in [0.05, 0.1) is 11.5 Å². The second kappa shape index (κ2) is 9.88. The van der Waals surface area contributed by atoms with E-state index >= 15 is 0 Å². The third-order valence-electron chi connectivity index (χ3n) is 7.54. The second-order valence-electron chi connectivity index (χ2n) is 9.83. The molecule has 172 valence electrons. The molecule has 7 heteroatoms. The van der Waals surface area contributed by atoms with Gasteiger partial charge < -0.3 is 9.64 Å². The van der Waals surface area contributed by atoms with Crippen LogP contribution in [0, 0.1) is 23.7 Å². The first-order chi connectivity index (χ1) is 14.9. The number of piperidine rings is 1. The second-order valence-corrected chi connectivity index (χ2v) is 11.8. The quantitative estimate of drug-likeness (QED) is 0.598. The summed E-state index contributed by atoms with van der Waals surface area (Å²) in [6, 6.07) is 3.17. The zero-order chi connectivity index (χ0) is 21.8. The lowest BCUT2D eigenvalue weighted by Gasteiger charge is -2.34. The van der Waals surface area contributed by atoms with E-state index in [4.69, 9.17) is 4.74 Å². The molecule has 2 heterocycles. The van der Waals surface area contributed by atoms with Crippen molar-refractivity contribution in [1.29, 1.82) is 0 Å². The van der Waals surface area contributed by atoms with Gasteiger partial charge in [0, 0.05) is 38.0 Å². The van der Waals surface area contributed by atoms with Crippen molar-refractivity contribution < 1.29 is 17.9 Å². The van der Waals surface area contributed by atoms with Crippen molar-refractivity contribution >= 4 is 15.7 Å². The molecule has 2 saturated carbocycles. The van der Waals surface area contributed by atoms with Gasteiger partial charge >= 0.3 is 0 Å². The Kier molecular flexibility index (Phi) is 7.19. The van der Waals surface area contributed by atoms with Crippen LogP contribution in [0.2, 0.25) is 0 Å². The van der Waals surface area contributed by atoms with E-state index in [0.717, 1.165) is 50.6 Å². The van der Waals surface area contributed by atoms with Crippen LogP contribution >= 0.6 is 0 Å². The van der Waals surface area contributed by atoms with Crippen LogP contribution in [0.5, 0.6) is 5.88 Å². The molecule has 2 aliphatic carbocycles. The zero-order valence-corrected chi connectivity index (χ0v) is 19.5. The maximum atomic E-state index is 12.6. The topological polar surface area (TPSA) is 76.6 Å². The Hall–Kier alpha value is -1.63. The largest absolute Gasteiger partial charge is 0.478 e. The minimum Gasteiger partial charge on any atom is -0.478 e. The Morgan fingerprint density at radius 1 is 1.13 bits per heavy atom. The molecule has 3 aliphatic rings. The fraction of sp³-hybridized carbons (Fsp3) is 0.750. The standard InChI is InChI=1S/C24H36N2O4S/c1-31(28,29)21-7-8-23(25-17-21)30-14-11-20-16-22(20)19-9-12-26(13-10-19)24(27)15-18-5-3-2-4-6-18/h7-8,17-20,22H,2-6,9-16H2,1H3. The highest BCUT2D eigenvalue weighted by molar-refractivity contribution is 7.90. The van der Waals surface area contributed by atoms with E-state index in [1.807, 2.05) is 0 Å². The van der Waals surface area contributed by atoms with Crippen molar-refractivity contribution in [2.24, 2.45) is 23.7 Å². The summed E-state index contributed by atoms with van der Waals surface area (Å²) in [4.78, 5) is 19.1. The van der Waals surface area contributed by atoms with Crippen LogP contribution in [0.3, 0.4) is 0 Å². The minimum atomic E-state index is -3.22. The summed E-state index contributed by atoms with van der Waals surface area (Å²) in [5.41, 5.74) is 0. The van der Waals surface area contributed by atoms with Crippen molar-refractivity contribution in [3.05, 3.63) is 18.3 Å². The number of amides is 1. The molecular weight excluding hydrogens is 412 g/mol. The third-order valence-corrected chi connectivity index (χ3v) is 8.64. The molecule has 1 aromatic rings.